The van der Waals surface area contributed by atoms with Gasteiger partial charge < -0.3 is 0 Å². The van der Waals surface area contributed by atoms with Gasteiger partial charge in [0, 0.05) is 0 Å². The summed E-state index contributed by atoms with van der Waals surface area (Å²) >= 11 is 0. The van der Waals surface area contributed by atoms with Crippen molar-refractivity contribution in [2.45, 2.75) is 52.6 Å². The zero-order chi connectivity index (χ0) is 18.1. The molecule has 0 atom stereocenters. The van der Waals surface area contributed by atoms with Crippen LogP contribution in [0.1, 0.15) is 41.5 Å². The van der Waals surface area contributed by atoms with Crippen LogP contribution in [0.2, 0.25) is 0 Å². The summed E-state index contributed by atoms with van der Waals surface area (Å²) in [4.78, 5) is 8.62. The van der Waals surface area contributed by atoms with Crippen molar-refractivity contribution in [3.63, 3.8) is 0 Å². The zero-order valence-electron chi connectivity index (χ0n) is 15.1. The fraction of sp³-hybridized carbons (Fsp3) is 0.444. The topological polar surface area (TPSA) is 72.1 Å². The molecule has 6 heteroatoms. The molecule has 0 amide bonds. The molecule has 0 bridgehead atoms. The molecule has 0 saturated heterocycles. The summed E-state index contributed by atoms with van der Waals surface area (Å²) in [5, 5.41) is 26.2. The predicted octanol–water partition coefficient (Wildman–Crippen LogP) is 4.04. The van der Waals surface area contributed by atoms with Crippen LogP contribution in [-0.4, -0.2) is 21.0 Å². The van der Waals surface area contributed by atoms with Crippen molar-refractivity contribution in [2.24, 2.45) is 0 Å². The predicted molar refractivity (Wildman–Crippen MR) is 93.3 cm³/mol. The highest BCUT2D eigenvalue weighted by molar-refractivity contribution is 5.59. The van der Waals surface area contributed by atoms with Gasteiger partial charge in [-0.25, -0.2) is 10.1 Å². The second kappa shape index (κ2) is 6.37. The van der Waals surface area contributed by atoms with Gasteiger partial charge in [0.25, 0.3) is 0 Å². The summed E-state index contributed by atoms with van der Waals surface area (Å²) < 4.78 is 0. The fourth-order valence-corrected chi connectivity index (χ4v) is 2.09. The van der Waals surface area contributed by atoms with Gasteiger partial charge in [-0.2, -0.15) is 0 Å². The fourth-order valence-electron chi connectivity index (χ4n) is 2.09. The molecule has 2 aromatic heterocycles. The van der Waals surface area contributed by atoms with Gasteiger partial charge in [-0.05, 0) is 65.8 Å². The van der Waals surface area contributed by atoms with E-state index in [9.17, 15) is 10.4 Å². The van der Waals surface area contributed by atoms with Crippen LogP contribution in [0.5, 0.6) is 0 Å². The molecule has 6 nitrogen and oxygen atoms in total. The first-order valence-corrected chi connectivity index (χ1v) is 7.87. The van der Waals surface area contributed by atoms with Gasteiger partial charge in [-0.1, -0.05) is 10.4 Å². The summed E-state index contributed by atoms with van der Waals surface area (Å²) in [5.74, 6) is 0. The largest absolute Gasteiger partial charge is 0.252 e. The number of nitrogens with zero attached hydrogens (tertiary/aromatic N) is 4. The molecule has 24 heavy (non-hydrogen) atoms. The van der Waals surface area contributed by atoms with Crippen molar-refractivity contribution in [1.82, 2.24) is 9.97 Å². The molecule has 0 unspecified atom stereocenters. The van der Waals surface area contributed by atoms with Crippen molar-refractivity contribution in [3.05, 3.63) is 36.7 Å². The number of anilines is 2. The van der Waals surface area contributed by atoms with Crippen LogP contribution in [0.25, 0.3) is 11.4 Å². The Bertz CT molecular complexity index is 609. The van der Waals surface area contributed by atoms with Gasteiger partial charge in [-0.15, -0.1) is 0 Å². The highest BCUT2D eigenvalue weighted by Crippen LogP contribution is 2.26. The molecule has 0 saturated carbocycles. The second-order valence-electron chi connectivity index (χ2n) is 7.73. The van der Waals surface area contributed by atoms with E-state index in [-0.39, 0.29) is 0 Å². The quantitative estimate of drug-likeness (QED) is 0.797. The third-order valence-electron chi connectivity index (χ3n) is 3.45. The molecule has 0 aromatic carbocycles. The zero-order valence-corrected chi connectivity index (χ0v) is 15.1. The van der Waals surface area contributed by atoms with Gasteiger partial charge >= 0.3 is 0 Å². The third-order valence-corrected chi connectivity index (χ3v) is 3.45. The number of hydrogen-bond donors (Lipinski definition) is 0. The number of hydrogen-bond acceptors (Lipinski definition) is 4. The van der Waals surface area contributed by atoms with E-state index in [2.05, 4.69) is 9.97 Å². The lowest BCUT2D eigenvalue weighted by Crippen LogP contribution is -2.37. The van der Waals surface area contributed by atoms with Crippen LogP contribution in [0.3, 0.4) is 0 Å². The Morgan fingerprint density at radius 2 is 1.00 bits per heavy atom. The number of rotatable bonds is 3. The van der Waals surface area contributed by atoms with Crippen LogP contribution in [0, 0.1) is 0 Å². The molecule has 0 aliphatic carbocycles. The van der Waals surface area contributed by atoms with E-state index in [0.29, 0.717) is 22.8 Å². The number of pyridine rings is 2. The minimum absolute atomic E-state index is 0.501. The van der Waals surface area contributed by atoms with Gasteiger partial charge in [0.1, 0.15) is 0 Å². The van der Waals surface area contributed by atoms with Crippen molar-refractivity contribution >= 4 is 11.4 Å². The van der Waals surface area contributed by atoms with Crippen LogP contribution < -0.4 is 10.1 Å². The lowest BCUT2D eigenvalue weighted by Gasteiger charge is -2.28. The van der Waals surface area contributed by atoms with E-state index in [1.807, 2.05) is 41.5 Å². The molecule has 0 aliphatic rings. The van der Waals surface area contributed by atoms with Crippen molar-refractivity contribution in [1.29, 1.82) is 0 Å². The molecule has 0 N–H and O–H groups in total. The van der Waals surface area contributed by atoms with E-state index >= 15 is 0 Å². The molecular formula is C18H24N4O2. The SMILES string of the molecule is CC(C)(C)N([O])c1ccc(-c2ccc(N([O])C(C)(C)C)cn2)nc1. The maximum Gasteiger partial charge on any atom is 0.0887 e. The van der Waals surface area contributed by atoms with Crippen LogP contribution >= 0.6 is 0 Å². The minimum Gasteiger partial charge on any atom is -0.252 e. The van der Waals surface area contributed by atoms with E-state index in [0.717, 1.165) is 10.1 Å². The Morgan fingerprint density at radius 1 is 0.667 bits per heavy atom. The number of aromatic nitrogens is 2. The van der Waals surface area contributed by atoms with Crippen molar-refractivity contribution in [2.75, 3.05) is 10.1 Å². The van der Waals surface area contributed by atoms with Crippen LogP contribution in [0.15, 0.2) is 36.7 Å². The Balaban J connectivity index is 2.21. The van der Waals surface area contributed by atoms with E-state index < -0.39 is 11.1 Å². The molecule has 2 radical (unpaired) electrons. The smallest absolute Gasteiger partial charge is 0.0887 e. The highest BCUT2D eigenvalue weighted by atomic mass is 16.5. The van der Waals surface area contributed by atoms with Crippen molar-refractivity contribution < 1.29 is 10.4 Å². The van der Waals surface area contributed by atoms with Crippen LogP contribution in [-0.2, 0) is 10.4 Å². The minimum atomic E-state index is -0.520. The lowest BCUT2D eigenvalue weighted by atomic mass is 10.1. The highest BCUT2D eigenvalue weighted by Gasteiger charge is 2.23. The Kier molecular flexibility index (Phi) is 4.82. The molecule has 2 rings (SSSR count). The molecule has 0 spiro atoms. The second-order valence-corrected chi connectivity index (χ2v) is 7.73. The van der Waals surface area contributed by atoms with Gasteiger partial charge in [0.05, 0.1) is 46.2 Å². The van der Waals surface area contributed by atoms with Gasteiger partial charge in [-0.3, -0.25) is 9.97 Å². The summed E-state index contributed by atoms with van der Waals surface area (Å²) in [6.07, 6.45) is 3.08. The summed E-state index contributed by atoms with van der Waals surface area (Å²) in [6, 6.07) is 6.97. The third kappa shape index (κ3) is 4.01. The summed E-state index contributed by atoms with van der Waals surface area (Å²) in [7, 11) is 0. The first kappa shape index (κ1) is 18.2. The molecule has 2 aromatic rings. The molecule has 0 fully saturated rings. The molecule has 0 aliphatic heterocycles. The molecule has 128 valence electrons. The average molecular weight is 328 g/mol. The van der Waals surface area contributed by atoms with Gasteiger partial charge in [0.15, 0.2) is 0 Å². The van der Waals surface area contributed by atoms with E-state index in [1.165, 1.54) is 12.4 Å². The Labute approximate surface area is 143 Å². The Morgan fingerprint density at radius 3 is 1.21 bits per heavy atom. The Hall–Kier alpha value is -2.18. The number of hydroxylamine groups is 2. The van der Waals surface area contributed by atoms with Crippen LogP contribution in [0.4, 0.5) is 11.4 Å². The molecular weight excluding hydrogens is 304 g/mol. The lowest BCUT2D eigenvalue weighted by molar-refractivity contribution is 0.102. The first-order chi connectivity index (χ1) is 11.0. The first-order valence-electron chi connectivity index (χ1n) is 7.87. The maximum atomic E-state index is 12.1. The van der Waals surface area contributed by atoms with Gasteiger partial charge in [0.2, 0.25) is 0 Å². The average Bonchev–Trinajstić information content (AvgIpc) is 2.52. The van der Waals surface area contributed by atoms with Crippen molar-refractivity contribution in [3.8, 4) is 11.4 Å². The molecule has 2 heterocycles. The van der Waals surface area contributed by atoms with E-state index in [1.54, 1.807) is 24.3 Å². The monoisotopic (exact) mass is 328 g/mol. The van der Waals surface area contributed by atoms with E-state index in [4.69, 9.17) is 0 Å². The maximum absolute atomic E-state index is 12.1. The standard InChI is InChI=1S/C18H24N4O2/c1-17(2,3)21(23)13-7-9-15(19-11-13)16-10-8-14(12-20-16)22(24)18(4,5)6/h7-12H,1-6H3. The summed E-state index contributed by atoms with van der Waals surface area (Å²) in [6.45, 7) is 11.1. The normalized spacial score (nSPS) is 12.2. The summed E-state index contributed by atoms with van der Waals surface area (Å²) in [5.41, 5.74) is 1.27.